The Bertz CT molecular complexity index is 1020. The van der Waals surface area contributed by atoms with Crippen molar-refractivity contribution in [3.8, 4) is 0 Å². The predicted octanol–water partition coefficient (Wildman–Crippen LogP) is 4.77. The van der Waals surface area contributed by atoms with Crippen LogP contribution in [0.5, 0.6) is 0 Å². The smallest absolute Gasteiger partial charge is 0.140 e. The quantitative estimate of drug-likeness (QED) is 0.609. The first-order chi connectivity index (χ1) is 13.7. The minimum absolute atomic E-state index is 0.806. The van der Waals surface area contributed by atoms with Crippen molar-refractivity contribution < 1.29 is 4.21 Å². The van der Waals surface area contributed by atoms with Crippen LogP contribution in [0, 0.1) is 0 Å². The van der Waals surface area contributed by atoms with E-state index in [0.29, 0.717) is 0 Å². The molecule has 0 spiro atoms. The van der Waals surface area contributed by atoms with E-state index < -0.39 is 10.8 Å². The lowest BCUT2D eigenvalue weighted by Crippen LogP contribution is -2.25. The van der Waals surface area contributed by atoms with Crippen LogP contribution in [0.1, 0.15) is 24.0 Å². The Labute approximate surface area is 168 Å². The molecule has 4 rings (SSSR count). The molecule has 0 N–H and O–H groups in total. The zero-order chi connectivity index (χ0) is 19.3. The van der Waals surface area contributed by atoms with Gasteiger partial charge in [-0.25, -0.2) is 4.98 Å². The summed E-state index contributed by atoms with van der Waals surface area (Å²) in [4.78, 5) is 11.8. The van der Waals surface area contributed by atoms with Crippen molar-refractivity contribution >= 4 is 28.4 Å². The third-order valence-corrected chi connectivity index (χ3v) is 5.89. The van der Waals surface area contributed by atoms with Crippen molar-refractivity contribution in [3.05, 3.63) is 83.8 Å². The first-order valence-electron chi connectivity index (χ1n) is 9.45. The average molecular weight is 390 g/mol. The molecular weight excluding hydrogens is 366 g/mol. The monoisotopic (exact) mass is 389 g/mol. The molecule has 4 nitrogen and oxygen atoms in total. The normalized spacial score (nSPS) is 14.3. The number of fused-ring (bicyclic) bond motifs is 1. The van der Waals surface area contributed by atoms with Gasteiger partial charge in [0.05, 0.1) is 0 Å². The van der Waals surface area contributed by atoms with Gasteiger partial charge >= 0.3 is 0 Å². The Morgan fingerprint density at radius 3 is 2.71 bits per heavy atom. The van der Waals surface area contributed by atoms with Crippen LogP contribution in [0.15, 0.2) is 77.6 Å². The van der Waals surface area contributed by atoms with E-state index in [-0.39, 0.29) is 0 Å². The second kappa shape index (κ2) is 8.48. The molecule has 0 fully saturated rings. The fourth-order valence-electron chi connectivity index (χ4n) is 3.56. The maximum Gasteiger partial charge on any atom is 0.140 e. The van der Waals surface area contributed by atoms with Crippen molar-refractivity contribution in [2.24, 2.45) is 0 Å². The van der Waals surface area contributed by atoms with E-state index in [1.807, 2.05) is 42.9 Å². The molecule has 1 aliphatic heterocycles. The lowest BCUT2D eigenvalue weighted by molar-refractivity contribution is 0.687. The van der Waals surface area contributed by atoms with E-state index in [2.05, 4.69) is 45.2 Å². The van der Waals surface area contributed by atoms with Crippen LogP contribution in [-0.4, -0.2) is 27.0 Å². The molecule has 0 saturated carbocycles. The van der Waals surface area contributed by atoms with Crippen LogP contribution in [0.25, 0.3) is 6.08 Å². The van der Waals surface area contributed by atoms with Gasteiger partial charge in [0.25, 0.3) is 0 Å². The number of nitrogens with zero attached hydrogens (tertiary/aromatic N) is 3. The van der Waals surface area contributed by atoms with Crippen molar-refractivity contribution in [2.45, 2.75) is 24.2 Å². The molecule has 3 aromatic rings. The van der Waals surface area contributed by atoms with E-state index in [9.17, 15) is 4.21 Å². The Hall–Kier alpha value is -2.79. The molecule has 0 bridgehead atoms. The van der Waals surface area contributed by atoms with Crippen molar-refractivity contribution in [1.82, 2.24) is 9.97 Å². The maximum absolute atomic E-state index is 11.9. The van der Waals surface area contributed by atoms with E-state index in [1.54, 1.807) is 6.26 Å². The van der Waals surface area contributed by atoms with Crippen molar-refractivity contribution in [1.29, 1.82) is 0 Å². The minimum Gasteiger partial charge on any atom is -0.322 e. The third-order valence-electron chi connectivity index (χ3n) is 4.97. The van der Waals surface area contributed by atoms with Crippen LogP contribution in [-0.2, 0) is 17.2 Å². The van der Waals surface area contributed by atoms with Crippen molar-refractivity contribution in [2.75, 3.05) is 17.7 Å². The first kappa shape index (κ1) is 18.6. The van der Waals surface area contributed by atoms with Gasteiger partial charge in [-0.1, -0.05) is 12.1 Å². The SMILES string of the molecule is CS(=O)c1cccc(N2CC(CCCc3ccncc3)=Cc3cccnc32)c1. The molecule has 5 heteroatoms. The van der Waals surface area contributed by atoms with Crippen LogP contribution in [0.3, 0.4) is 0 Å². The number of pyridine rings is 2. The Balaban J connectivity index is 1.56. The summed E-state index contributed by atoms with van der Waals surface area (Å²) in [6, 6.07) is 16.2. The summed E-state index contributed by atoms with van der Waals surface area (Å²) in [5, 5.41) is 0. The van der Waals surface area contributed by atoms with Gasteiger partial charge in [-0.2, -0.15) is 0 Å². The number of aryl methyl sites for hydroxylation is 1. The van der Waals surface area contributed by atoms with Gasteiger partial charge in [0, 0.05) is 58.3 Å². The van der Waals surface area contributed by atoms with Gasteiger partial charge in [-0.05, 0) is 72.9 Å². The Morgan fingerprint density at radius 2 is 1.89 bits per heavy atom. The second-order valence-corrected chi connectivity index (χ2v) is 8.35. The summed E-state index contributed by atoms with van der Waals surface area (Å²) in [6.45, 7) is 0.806. The standard InChI is InChI=1S/C23H23N3OS/c1-28(27)22-9-3-8-21(16-22)26-17-19(15-20-7-4-12-25-23(20)26)6-2-5-18-10-13-24-14-11-18/h3-4,7-16H,2,5-6,17H2,1H3. The molecule has 1 atom stereocenters. The lowest BCUT2D eigenvalue weighted by atomic mass is 9.99. The summed E-state index contributed by atoms with van der Waals surface area (Å²) >= 11 is 0. The molecule has 28 heavy (non-hydrogen) atoms. The fraction of sp³-hybridized carbons (Fsp3) is 0.217. The first-order valence-corrected chi connectivity index (χ1v) is 11.0. The minimum atomic E-state index is -1.00. The highest BCUT2D eigenvalue weighted by Gasteiger charge is 2.20. The Kier molecular flexibility index (Phi) is 5.63. The molecule has 0 aliphatic carbocycles. The van der Waals surface area contributed by atoms with Crippen LogP contribution < -0.4 is 4.90 Å². The number of anilines is 2. The molecule has 0 amide bonds. The molecule has 1 unspecified atom stereocenters. The van der Waals surface area contributed by atoms with E-state index >= 15 is 0 Å². The van der Waals surface area contributed by atoms with Crippen LogP contribution in [0.2, 0.25) is 0 Å². The molecule has 3 heterocycles. The summed E-state index contributed by atoms with van der Waals surface area (Å²) in [7, 11) is -1.00. The highest BCUT2D eigenvalue weighted by atomic mass is 32.2. The zero-order valence-corrected chi connectivity index (χ0v) is 16.7. The van der Waals surface area contributed by atoms with Crippen molar-refractivity contribution in [3.63, 3.8) is 0 Å². The van der Waals surface area contributed by atoms with Crippen LogP contribution in [0.4, 0.5) is 11.5 Å². The van der Waals surface area contributed by atoms with Gasteiger partial charge in [0.2, 0.25) is 0 Å². The van der Waals surface area contributed by atoms with E-state index in [1.165, 1.54) is 11.1 Å². The van der Waals surface area contributed by atoms with Gasteiger partial charge in [-0.15, -0.1) is 0 Å². The lowest BCUT2D eigenvalue weighted by Gasteiger charge is -2.30. The molecular formula is C23H23N3OS. The van der Waals surface area contributed by atoms with Gasteiger partial charge < -0.3 is 4.90 Å². The molecule has 142 valence electrons. The average Bonchev–Trinajstić information content (AvgIpc) is 2.74. The van der Waals surface area contributed by atoms with Crippen LogP contribution >= 0.6 is 0 Å². The van der Waals surface area contributed by atoms with E-state index in [0.717, 1.165) is 47.8 Å². The largest absolute Gasteiger partial charge is 0.322 e. The summed E-state index contributed by atoms with van der Waals surface area (Å²) < 4.78 is 11.9. The fourth-order valence-corrected chi connectivity index (χ4v) is 4.11. The molecule has 1 aliphatic rings. The number of benzene rings is 1. The molecule has 1 aromatic carbocycles. The van der Waals surface area contributed by atoms with Gasteiger partial charge in [0.1, 0.15) is 5.82 Å². The number of aromatic nitrogens is 2. The number of hydrogen-bond acceptors (Lipinski definition) is 4. The molecule has 0 saturated heterocycles. The highest BCUT2D eigenvalue weighted by Crippen LogP contribution is 2.34. The third kappa shape index (κ3) is 4.20. The van der Waals surface area contributed by atoms with Gasteiger partial charge in [-0.3, -0.25) is 9.19 Å². The predicted molar refractivity (Wildman–Crippen MR) is 115 cm³/mol. The Morgan fingerprint density at radius 1 is 1.04 bits per heavy atom. The maximum atomic E-state index is 11.9. The summed E-state index contributed by atoms with van der Waals surface area (Å²) in [5.74, 6) is 0.958. The van der Waals surface area contributed by atoms with Gasteiger partial charge in [0.15, 0.2) is 0 Å². The number of rotatable bonds is 6. The second-order valence-electron chi connectivity index (χ2n) is 6.97. The van der Waals surface area contributed by atoms with E-state index in [4.69, 9.17) is 0 Å². The highest BCUT2D eigenvalue weighted by molar-refractivity contribution is 7.84. The molecule has 2 aromatic heterocycles. The molecule has 0 radical (unpaired) electrons. The summed E-state index contributed by atoms with van der Waals surface area (Å²) in [5.41, 5.74) is 4.88. The zero-order valence-electron chi connectivity index (χ0n) is 15.9. The summed E-state index contributed by atoms with van der Waals surface area (Å²) in [6.07, 6.45) is 12.7. The topological polar surface area (TPSA) is 46.1 Å². The number of hydrogen-bond donors (Lipinski definition) is 0.